The van der Waals surface area contributed by atoms with Crippen molar-refractivity contribution in [3.05, 3.63) is 29.6 Å². The van der Waals surface area contributed by atoms with Crippen molar-refractivity contribution in [2.45, 2.75) is 46.7 Å². The van der Waals surface area contributed by atoms with E-state index in [1.165, 1.54) is 24.1 Å². The topological polar surface area (TPSA) is 28.2 Å². The van der Waals surface area contributed by atoms with E-state index in [0.29, 0.717) is 0 Å². The largest absolute Gasteiger partial charge is 0.313 e. The summed E-state index contributed by atoms with van der Waals surface area (Å²) in [6, 6.07) is 4.34. The first-order valence-electron chi connectivity index (χ1n) is 7.17. The smallest absolute Gasteiger partial charge is 0.0544 e. The van der Waals surface area contributed by atoms with Crippen LogP contribution in [0.3, 0.4) is 0 Å². The van der Waals surface area contributed by atoms with Crippen LogP contribution in [0.15, 0.2) is 18.3 Å². The fourth-order valence-corrected chi connectivity index (χ4v) is 1.96. The zero-order valence-electron chi connectivity index (χ0n) is 12.1. The number of hydrogen-bond donors (Lipinski definition) is 1. The van der Waals surface area contributed by atoms with Crippen molar-refractivity contribution in [1.82, 2.24) is 15.2 Å². The predicted molar refractivity (Wildman–Crippen MR) is 77.5 cm³/mol. The molecule has 1 heterocycles. The lowest BCUT2D eigenvalue weighted by atomic mass is 10.2. The number of rotatable bonds is 9. The average Bonchev–Trinajstić information content (AvgIpc) is 2.40. The molecule has 0 atom stereocenters. The lowest BCUT2D eigenvalue weighted by Crippen LogP contribution is -2.24. The van der Waals surface area contributed by atoms with Crippen LogP contribution in [-0.4, -0.2) is 29.5 Å². The van der Waals surface area contributed by atoms with Crippen molar-refractivity contribution < 1.29 is 0 Å². The predicted octanol–water partition coefficient (Wildman–Crippen LogP) is 2.81. The maximum atomic E-state index is 4.55. The monoisotopic (exact) mass is 249 g/mol. The molecule has 0 saturated heterocycles. The van der Waals surface area contributed by atoms with E-state index in [2.05, 4.69) is 48.1 Å². The summed E-state index contributed by atoms with van der Waals surface area (Å²) in [6.07, 6.45) is 4.37. The van der Waals surface area contributed by atoms with Gasteiger partial charge in [-0.05, 0) is 44.1 Å². The summed E-state index contributed by atoms with van der Waals surface area (Å²) in [4.78, 5) is 6.97. The first-order chi connectivity index (χ1) is 8.80. The third-order valence-electron chi connectivity index (χ3n) is 3.01. The second-order valence-corrected chi connectivity index (χ2v) is 4.70. The van der Waals surface area contributed by atoms with Gasteiger partial charge in [0.25, 0.3) is 0 Å². The van der Waals surface area contributed by atoms with Gasteiger partial charge in [-0.2, -0.15) is 0 Å². The van der Waals surface area contributed by atoms with E-state index in [-0.39, 0.29) is 0 Å². The van der Waals surface area contributed by atoms with E-state index in [1.54, 1.807) is 0 Å². The average molecular weight is 249 g/mol. The van der Waals surface area contributed by atoms with E-state index in [1.807, 2.05) is 6.20 Å². The van der Waals surface area contributed by atoms with Crippen LogP contribution in [0.2, 0.25) is 0 Å². The second-order valence-electron chi connectivity index (χ2n) is 4.70. The Morgan fingerprint density at radius 2 is 2.00 bits per heavy atom. The Hall–Kier alpha value is -0.930. The quantitative estimate of drug-likeness (QED) is 0.682. The standard InChI is InChI=1S/C15H27N3/c1-4-9-16-11-14-7-8-15(17-12-14)13-18(6-3)10-5-2/h7-8,12,16H,4-6,9-11,13H2,1-3H3. The van der Waals surface area contributed by atoms with Gasteiger partial charge in [-0.3, -0.25) is 9.88 Å². The molecule has 1 N–H and O–H groups in total. The van der Waals surface area contributed by atoms with E-state index in [4.69, 9.17) is 0 Å². The molecule has 1 rings (SSSR count). The summed E-state index contributed by atoms with van der Waals surface area (Å²) < 4.78 is 0. The highest BCUT2D eigenvalue weighted by molar-refractivity contribution is 5.13. The van der Waals surface area contributed by atoms with Crippen LogP contribution >= 0.6 is 0 Å². The van der Waals surface area contributed by atoms with Crippen molar-refractivity contribution >= 4 is 0 Å². The molecule has 0 amide bonds. The van der Waals surface area contributed by atoms with Crippen molar-refractivity contribution in [3.8, 4) is 0 Å². The van der Waals surface area contributed by atoms with E-state index >= 15 is 0 Å². The van der Waals surface area contributed by atoms with Gasteiger partial charge < -0.3 is 5.32 Å². The zero-order valence-corrected chi connectivity index (χ0v) is 12.1. The summed E-state index contributed by atoms with van der Waals surface area (Å²) in [5, 5.41) is 3.39. The van der Waals surface area contributed by atoms with Gasteiger partial charge in [0.1, 0.15) is 0 Å². The van der Waals surface area contributed by atoms with Crippen LogP contribution in [0, 0.1) is 0 Å². The number of pyridine rings is 1. The molecule has 18 heavy (non-hydrogen) atoms. The molecule has 0 aromatic carbocycles. The first-order valence-corrected chi connectivity index (χ1v) is 7.17. The Labute approximate surface area is 112 Å². The Bertz CT molecular complexity index is 308. The molecule has 3 heteroatoms. The van der Waals surface area contributed by atoms with Gasteiger partial charge in [0.15, 0.2) is 0 Å². The Kier molecular flexibility index (Phi) is 7.62. The lowest BCUT2D eigenvalue weighted by molar-refractivity contribution is 0.277. The summed E-state index contributed by atoms with van der Waals surface area (Å²) in [7, 11) is 0. The Morgan fingerprint density at radius 1 is 1.17 bits per heavy atom. The highest BCUT2D eigenvalue weighted by Gasteiger charge is 2.03. The Balaban J connectivity index is 2.43. The third kappa shape index (κ3) is 5.61. The third-order valence-corrected chi connectivity index (χ3v) is 3.01. The first kappa shape index (κ1) is 15.1. The summed E-state index contributed by atoms with van der Waals surface area (Å²) >= 11 is 0. The summed E-state index contributed by atoms with van der Waals surface area (Å²) in [5.74, 6) is 0. The van der Waals surface area contributed by atoms with E-state index in [0.717, 1.165) is 32.7 Å². The van der Waals surface area contributed by atoms with Crippen molar-refractivity contribution in [2.75, 3.05) is 19.6 Å². The minimum Gasteiger partial charge on any atom is -0.313 e. The van der Waals surface area contributed by atoms with E-state index < -0.39 is 0 Å². The van der Waals surface area contributed by atoms with Crippen molar-refractivity contribution in [1.29, 1.82) is 0 Å². The van der Waals surface area contributed by atoms with Crippen molar-refractivity contribution in [2.24, 2.45) is 0 Å². The molecule has 1 aromatic rings. The van der Waals surface area contributed by atoms with Crippen LogP contribution in [-0.2, 0) is 13.1 Å². The van der Waals surface area contributed by atoms with Gasteiger partial charge in [0, 0.05) is 19.3 Å². The summed E-state index contributed by atoms with van der Waals surface area (Å²) in [5.41, 5.74) is 2.44. The molecule has 0 aliphatic carbocycles. The SMILES string of the molecule is CCCNCc1ccc(CN(CC)CCC)nc1. The summed E-state index contributed by atoms with van der Waals surface area (Å²) in [6.45, 7) is 11.8. The molecular weight excluding hydrogens is 222 g/mol. The van der Waals surface area contributed by atoms with Gasteiger partial charge in [-0.25, -0.2) is 0 Å². The molecule has 0 radical (unpaired) electrons. The molecule has 0 aliphatic heterocycles. The molecular formula is C15H27N3. The molecule has 3 nitrogen and oxygen atoms in total. The highest BCUT2D eigenvalue weighted by atomic mass is 15.1. The normalized spacial score (nSPS) is 11.1. The maximum Gasteiger partial charge on any atom is 0.0544 e. The zero-order chi connectivity index (χ0) is 13.2. The molecule has 0 bridgehead atoms. The van der Waals surface area contributed by atoms with Gasteiger partial charge in [0.05, 0.1) is 5.69 Å². The minimum absolute atomic E-state index is 0.924. The van der Waals surface area contributed by atoms with Gasteiger partial charge in [-0.15, -0.1) is 0 Å². The number of nitrogens with one attached hydrogen (secondary N) is 1. The molecule has 1 aromatic heterocycles. The van der Waals surface area contributed by atoms with Crippen molar-refractivity contribution in [3.63, 3.8) is 0 Å². The molecule has 0 unspecified atom stereocenters. The van der Waals surface area contributed by atoms with Crippen LogP contribution in [0.1, 0.15) is 44.9 Å². The van der Waals surface area contributed by atoms with Crippen LogP contribution in [0.4, 0.5) is 0 Å². The van der Waals surface area contributed by atoms with Gasteiger partial charge in [0.2, 0.25) is 0 Å². The molecule has 0 spiro atoms. The lowest BCUT2D eigenvalue weighted by Gasteiger charge is -2.18. The second kappa shape index (κ2) is 9.06. The molecule has 0 aliphatic rings. The molecule has 102 valence electrons. The number of nitrogens with zero attached hydrogens (tertiary/aromatic N) is 2. The minimum atomic E-state index is 0.924. The Morgan fingerprint density at radius 3 is 2.56 bits per heavy atom. The van der Waals surface area contributed by atoms with Gasteiger partial charge >= 0.3 is 0 Å². The molecule has 0 saturated carbocycles. The van der Waals surface area contributed by atoms with Crippen LogP contribution in [0.5, 0.6) is 0 Å². The van der Waals surface area contributed by atoms with Crippen LogP contribution < -0.4 is 5.32 Å². The molecule has 0 fully saturated rings. The highest BCUT2D eigenvalue weighted by Crippen LogP contribution is 2.04. The maximum absolute atomic E-state index is 4.55. The van der Waals surface area contributed by atoms with Crippen LogP contribution in [0.25, 0.3) is 0 Å². The fraction of sp³-hybridized carbons (Fsp3) is 0.667. The van der Waals surface area contributed by atoms with E-state index in [9.17, 15) is 0 Å². The fourth-order valence-electron chi connectivity index (χ4n) is 1.96. The number of hydrogen-bond acceptors (Lipinski definition) is 3. The van der Waals surface area contributed by atoms with Gasteiger partial charge in [-0.1, -0.05) is 26.8 Å². The number of aromatic nitrogens is 1.